The minimum atomic E-state index is -0.375. The topological polar surface area (TPSA) is 78.9 Å². The van der Waals surface area contributed by atoms with Gasteiger partial charge in [0, 0.05) is 10.7 Å². The molecule has 0 radical (unpaired) electrons. The van der Waals surface area contributed by atoms with E-state index in [1.54, 1.807) is 18.3 Å². The Morgan fingerprint density at radius 1 is 1.50 bits per heavy atom. The van der Waals surface area contributed by atoms with Crippen molar-refractivity contribution in [1.29, 1.82) is 0 Å². The fourth-order valence-electron chi connectivity index (χ4n) is 1.19. The maximum Gasteiger partial charge on any atom is 0.257 e. The van der Waals surface area contributed by atoms with Gasteiger partial charge >= 0.3 is 0 Å². The van der Waals surface area contributed by atoms with Crippen molar-refractivity contribution in [3.05, 3.63) is 38.7 Å². The van der Waals surface area contributed by atoms with Gasteiger partial charge in [0.1, 0.15) is 5.69 Å². The summed E-state index contributed by atoms with van der Waals surface area (Å²) in [6, 6.07) is 3.53. The highest BCUT2D eigenvalue weighted by Gasteiger charge is 2.10. The van der Waals surface area contributed by atoms with Crippen LogP contribution in [0.1, 0.15) is 5.56 Å². The summed E-state index contributed by atoms with van der Waals surface area (Å²) in [6.45, 7) is 1.50. The number of aromatic hydroxyl groups is 1. The zero-order valence-electron chi connectivity index (χ0n) is 8.36. The molecule has 82 valence electrons. The van der Waals surface area contributed by atoms with Crippen LogP contribution in [-0.4, -0.2) is 20.1 Å². The van der Waals surface area contributed by atoms with Crippen LogP contribution in [0.2, 0.25) is 0 Å². The molecule has 0 aliphatic carbocycles. The highest BCUT2D eigenvalue weighted by molar-refractivity contribution is 9.10. The molecule has 0 amide bonds. The van der Waals surface area contributed by atoms with E-state index in [0.717, 1.165) is 0 Å². The van der Waals surface area contributed by atoms with E-state index in [2.05, 4.69) is 30.9 Å². The molecule has 2 heterocycles. The molecular weight excluding hydrogens is 274 g/mol. The van der Waals surface area contributed by atoms with E-state index in [9.17, 15) is 9.90 Å². The summed E-state index contributed by atoms with van der Waals surface area (Å²) in [5, 5.41) is 9.46. The molecule has 0 unspecified atom stereocenters. The van der Waals surface area contributed by atoms with Crippen LogP contribution in [0.25, 0.3) is 11.5 Å². The Hall–Kier alpha value is -1.69. The number of hydrogen-bond donors (Lipinski definition) is 2. The second-order valence-corrected chi connectivity index (χ2v) is 4.05. The van der Waals surface area contributed by atoms with Gasteiger partial charge < -0.3 is 10.1 Å². The second-order valence-electron chi connectivity index (χ2n) is 3.20. The summed E-state index contributed by atoms with van der Waals surface area (Å²) in [5.41, 5.74) is 0.297. The summed E-state index contributed by atoms with van der Waals surface area (Å²) in [5.74, 6) is -0.0446. The molecule has 5 nitrogen and oxygen atoms in total. The van der Waals surface area contributed by atoms with Crippen LogP contribution in [0.3, 0.4) is 0 Å². The van der Waals surface area contributed by atoms with Gasteiger partial charge in [0.05, 0.1) is 5.56 Å². The number of nitrogens with one attached hydrogen (secondary N) is 1. The molecule has 0 bridgehead atoms. The molecule has 0 spiro atoms. The van der Waals surface area contributed by atoms with Gasteiger partial charge in [0.25, 0.3) is 5.56 Å². The fourth-order valence-corrected chi connectivity index (χ4v) is 1.64. The first kappa shape index (κ1) is 10.8. The Morgan fingerprint density at radius 3 is 2.88 bits per heavy atom. The van der Waals surface area contributed by atoms with Gasteiger partial charge in [0.15, 0.2) is 5.82 Å². The van der Waals surface area contributed by atoms with Crippen molar-refractivity contribution in [1.82, 2.24) is 15.0 Å². The molecule has 0 aromatic carbocycles. The summed E-state index contributed by atoms with van der Waals surface area (Å²) in [7, 11) is 0. The van der Waals surface area contributed by atoms with Gasteiger partial charge in [-0.3, -0.25) is 9.78 Å². The van der Waals surface area contributed by atoms with E-state index in [1.165, 1.54) is 6.92 Å². The van der Waals surface area contributed by atoms with Crippen LogP contribution in [0, 0.1) is 6.92 Å². The Kier molecular flexibility index (Phi) is 2.74. The summed E-state index contributed by atoms with van der Waals surface area (Å²) >= 11 is 3.29. The lowest BCUT2D eigenvalue weighted by Gasteiger charge is -2.03. The van der Waals surface area contributed by atoms with Gasteiger partial charge in [0.2, 0.25) is 5.88 Å². The number of hydrogen-bond acceptors (Lipinski definition) is 4. The predicted octanol–water partition coefficient (Wildman–Crippen LogP) is 1.61. The molecule has 0 aliphatic heterocycles. The number of rotatable bonds is 1. The van der Waals surface area contributed by atoms with E-state index in [0.29, 0.717) is 10.2 Å². The van der Waals surface area contributed by atoms with Crippen LogP contribution in [0.5, 0.6) is 5.88 Å². The van der Waals surface area contributed by atoms with Crippen molar-refractivity contribution in [2.75, 3.05) is 0 Å². The Labute approximate surface area is 99.3 Å². The van der Waals surface area contributed by atoms with Crippen molar-refractivity contribution in [3.8, 4) is 17.4 Å². The lowest BCUT2D eigenvalue weighted by molar-refractivity contribution is 0.447. The SMILES string of the molecule is Cc1c(O)nc(-c2ncccc2Br)[nH]c1=O. The molecular formula is C10H8BrN3O2. The molecule has 0 saturated carbocycles. The highest BCUT2D eigenvalue weighted by Crippen LogP contribution is 2.23. The second kappa shape index (κ2) is 4.05. The zero-order chi connectivity index (χ0) is 11.7. The van der Waals surface area contributed by atoms with Gasteiger partial charge in [-0.2, -0.15) is 4.98 Å². The minimum absolute atomic E-state index is 0.191. The molecule has 2 rings (SSSR count). The lowest BCUT2D eigenvalue weighted by atomic mass is 10.3. The monoisotopic (exact) mass is 281 g/mol. The quantitative estimate of drug-likeness (QED) is 0.832. The van der Waals surface area contributed by atoms with E-state index >= 15 is 0 Å². The van der Waals surface area contributed by atoms with Gasteiger partial charge in [-0.1, -0.05) is 0 Å². The summed E-state index contributed by atoms with van der Waals surface area (Å²) in [6.07, 6.45) is 1.58. The normalized spacial score (nSPS) is 10.4. The van der Waals surface area contributed by atoms with E-state index in [1.807, 2.05) is 0 Å². The van der Waals surface area contributed by atoms with Crippen LogP contribution in [0.4, 0.5) is 0 Å². The molecule has 2 aromatic heterocycles. The van der Waals surface area contributed by atoms with Crippen LogP contribution < -0.4 is 5.56 Å². The fraction of sp³-hybridized carbons (Fsp3) is 0.100. The van der Waals surface area contributed by atoms with E-state index < -0.39 is 0 Å². The first-order valence-corrected chi connectivity index (χ1v) is 5.29. The standard InChI is InChI=1S/C10H8BrN3O2/c1-5-9(15)13-8(14-10(5)16)7-6(11)3-2-4-12-7/h2-4H,1H3,(H2,13,14,15,16). The lowest BCUT2D eigenvalue weighted by Crippen LogP contribution is -2.12. The van der Waals surface area contributed by atoms with Crippen molar-refractivity contribution >= 4 is 15.9 Å². The smallest absolute Gasteiger partial charge is 0.257 e. The molecule has 2 N–H and O–H groups in total. The first-order chi connectivity index (χ1) is 7.59. The minimum Gasteiger partial charge on any atom is -0.493 e. The third kappa shape index (κ3) is 1.83. The van der Waals surface area contributed by atoms with Crippen molar-refractivity contribution in [2.24, 2.45) is 0 Å². The number of aromatic nitrogens is 3. The number of H-pyrrole nitrogens is 1. The van der Waals surface area contributed by atoms with Crippen LogP contribution in [0.15, 0.2) is 27.6 Å². The third-order valence-corrected chi connectivity index (χ3v) is 2.75. The van der Waals surface area contributed by atoms with E-state index in [4.69, 9.17) is 0 Å². The number of aromatic amines is 1. The highest BCUT2D eigenvalue weighted by atomic mass is 79.9. The van der Waals surface area contributed by atoms with Crippen molar-refractivity contribution < 1.29 is 5.11 Å². The van der Waals surface area contributed by atoms with Gasteiger partial charge in [-0.15, -0.1) is 0 Å². The molecule has 0 atom stereocenters. The predicted molar refractivity (Wildman–Crippen MR) is 62.2 cm³/mol. The van der Waals surface area contributed by atoms with Crippen molar-refractivity contribution in [3.63, 3.8) is 0 Å². The summed E-state index contributed by atoms with van der Waals surface area (Å²) in [4.78, 5) is 21.9. The maximum atomic E-state index is 11.4. The number of nitrogens with zero attached hydrogens (tertiary/aromatic N) is 2. The average Bonchev–Trinajstić information content (AvgIpc) is 2.26. The number of halogens is 1. The molecule has 2 aromatic rings. The first-order valence-electron chi connectivity index (χ1n) is 4.50. The van der Waals surface area contributed by atoms with E-state index in [-0.39, 0.29) is 22.8 Å². The largest absolute Gasteiger partial charge is 0.493 e. The number of pyridine rings is 1. The zero-order valence-corrected chi connectivity index (χ0v) is 9.95. The Morgan fingerprint density at radius 2 is 2.25 bits per heavy atom. The molecule has 0 fully saturated rings. The van der Waals surface area contributed by atoms with Gasteiger partial charge in [-0.25, -0.2) is 0 Å². The Balaban J connectivity index is 2.67. The van der Waals surface area contributed by atoms with Gasteiger partial charge in [-0.05, 0) is 35.0 Å². The van der Waals surface area contributed by atoms with Crippen molar-refractivity contribution in [2.45, 2.75) is 6.92 Å². The molecule has 0 saturated heterocycles. The molecule has 6 heteroatoms. The maximum absolute atomic E-state index is 11.4. The van der Waals surface area contributed by atoms with Crippen LogP contribution >= 0.6 is 15.9 Å². The Bertz CT molecular complexity index is 595. The molecule has 0 aliphatic rings. The average molecular weight is 282 g/mol. The molecule has 16 heavy (non-hydrogen) atoms. The summed E-state index contributed by atoms with van der Waals surface area (Å²) < 4.78 is 0.696. The van der Waals surface area contributed by atoms with Crippen LogP contribution in [-0.2, 0) is 0 Å². The third-order valence-electron chi connectivity index (χ3n) is 2.11.